The predicted molar refractivity (Wildman–Crippen MR) is 52.5 cm³/mol. The first-order chi connectivity index (χ1) is 5.74. The second-order valence-corrected chi connectivity index (χ2v) is 2.56. The van der Waals surface area contributed by atoms with Gasteiger partial charge in [-0.3, -0.25) is 0 Å². The van der Waals surface area contributed by atoms with E-state index in [-0.39, 0.29) is 6.61 Å². The van der Waals surface area contributed by atoms with E-state index in [2.05, 4.69) is 6.58 Å². The number of hydrogen-bond acceptors (Lipinski definition) is 2. The molecule has 0 rings (SSSR count). The molecule has 0 radical (unpaired) electrons. The van der Waals surface area contributed by atoms with Crippen molar-refractivity contribution < 1.29 is 5.11 Å². The Kier molecular flexibility index (Phi) is 6.11. The first-order valence-electron chi connectivity index (χ1n) is 4.12. The molecule has 2 heteroatoms. The van der Waals surface area contributed by atoms with Gasteiger partial charge in [-0.15, -0.1) is 0 Å². The lowest BCUT2D eigenvalue weighted by Gasteiger charge is -1.96. The van der Waals surface area contributed by atoms with E-state index >= 15 is 0 Å². The summed E-state index contributed by atoms with van der Waals surface area (Å²) < 4.78 is 0. The minimum absolute atomic E-state index is 0.150. The minimum atomic E-state index is 0.150. The Morgan fingerprint density at radius 2 is 2.17 bits per heavy atom. The molecule has 0 spiro atoms. The van der Waals surface area contributed by atoms with E-state index in [1.165, 1.54) is 0 Å². The number of allylic oxidation sites excluding steroid dienone is 3. The van der Waals surface area contributed by atoms with Gasteiger partial charge in [-0.25, -0.2) is 0 Å². The molecule has 0 amide bonds. The highest BCUT2D eigenvalue weighted by Gasteiger charge is 1.88. The van der Waals surface area contributed by atoms with Crippen LogP contribution in [0.2, 0.25) is 0 Å². The molecule has 0 aromatic heterocycles. The van der Waals surface area contributed by atoms with Gasteiger partial charge in [-0.1, -0.05) is 31.2 Å². The zero-order chi connectivity index (χ0) is 9.40. The van der Waals surface area contributed by atoms with Gasteiger partial charge in [0.2, 0.25) is 0 Å². The highest BCUT2D eigenvalue weighted by Crippen LogP contribution is 2.04. The smallest absolute Gasteiger partial charge is 0.0471 e. The normalized spacial score (nSPS) is 12.3. The number of aliphatic hydroxyl groups excluding tert-OH is 1. The Labute approximate surface area is 74.1 Å². The van der Waals surface area contributed by atoms with E-state index in [0.29, 0.717) is 6.42 Å². The Morgan fingerprint density at radius 3 is 2.58 bits per heavy atom. The van der Waals surface area contributed by atoms with Gasteiger partial charge in [0.1, 0.15) is 0 Å². The van der Waals surface area contributed by atoms with Crippen LogP contribution in [0.1, 0.15) is 19.8 Å². The maximum absolute atomic E-state index is 8.58. The summed E-state index contributed by atoms with van der Waals surface area (Å²) in [6.07, 6.45) is 6.94. The molecule has 0 saturated carbocycles. The lowest BCUT2D eigenvalue weighted by molar-refractivity contribution is 0.300. The van der Waals surface area contributed by atoms with Crippen LogP contribution in [0.4, 0.5) is 0 Å². The van der Waals surface area contributed by atoms with Crippen LogP contribution >= 0.6 is 0 Å². The second-order valence-electron chi connectivity index (χ2n) is 2.56. The molecule has 0 bridgehead atoms. The van der Waals surface area contributed by atoms with Crippen molar-refractivity contribution in [1.29, 1.82) is 0 Å². The SMILES string of the molecule is C=C(/C=C\C(=C/N)CC)CCO. The lowest BCUT2D eigenvalue weighted by Crippen LogP contribution is -1.86. The van der Waals surface area contributed by atoms with Crippen LogP contribution in [0.3, 0.4) is 0 Å². The first-order valence-corrected chi connectivity index (χ1v) is 4.12. The largest absolute Gasteiger partial charge is 0.404 e. The van der Waals surface area contributed by atoms with Crippen molar-refractivity contribution in [2.24, 2.45) is 5.73 Å². The van der Waals surface area contributed by atoms with Crippen molar-refractivity contribution in [1.82, 2.24) is 0 Å². The fourth-order valence-electron chi connectivity index (χ4n) is 0.743. The molecule has 0 atom stereocenters. The number of hydrogen-bond donors (Lipinski definition) is 2. The van der Waals surface area contributed by atoms with Crippen LogP contribution in [0, 0.1) is 0 Å². The fraction of sp³-hybridized carbons (Fsp3) is 0.400. The maximum atomic E-state index is 8.58. The van der Waals surface area contributed by atoms with Crippen molar-refractivity contribution in [3.63, 3.8) is 0 Å². The summed E-state index contributed by atoms with van der Waals surface area (Å²) in [6.45, 7) is 5.96. The van der Waals surface area contributed by atoms with Crippen LogP contribution in [0.25, 0.3) is 0 Å². The third-order valence-corrected chi connectivity index (χ3v) is 1.59. The molecular formula is C10H17NO. The van der Waals surface area contributed by atoms with Crippen molar-refractivity contribution in [3.8, 4) is 0 Å². The van der Waals surface area contributed by atoms with E-state index in [1.54, 1.807) is 6.20 Å². The van der Waals surface area contributed by atoms with Gasteiger partial charge in [0.25, 0.3) is 0 Å². The van der Waals surface area contributed by atoms with Gasteiger partial charge in [-0.2, -0.15) is 0 Å². The third kappa shape index (κ3) is 4.74. The average molecular weight is 167 g/mol. The van der Waals surface area contributed by atoms with Gasteiger partial charge in [0, 0.05) is 6.61 Å². The standard InChI is InChI=1S/C10H17NO/c1-3-10(8-11)5-4-9(2)6-7-12/h4-5,8,12H,2-3,6-7,11H2,1H3/b5-4-,10-8-. The monoisotopic (exact) mass is 167 g/mol. The molecule has 12 heavy (non-hydrogen) atoms. The minimum Gasteiger partial charge on any atom is -0.404 e. The molecule has 0 fully saturated rings. The van der Waals surface area contributed by atoms with Crippen LogP contribution in [0.5, 0.6) is 0 Å². The maximum Gasteiger partial charge on any atom is 0.0471 e. The zero-order valence-electron chi connectivity index (χ0n) is 7.59. The van der Waals surface area contributed by atoms with E-state index in [1.807, 2.05) is 19.1 Å². The molecule has 3 N–H and O–H groups in total. The van der Waals surface area contributed by atoms with E-state index in [0.717, 1.165) is 17.6 Å². The number of aliphatic hydroxyl groups is 1. The summed E-state index contributed by atoms with van der Waals surface area (Å²) in [5.41, 5.74) is 7.35. The van der Waals surface area contributed by atoms with Gasteiger partial charge < -0.3 is 10.8 Å². The highest BCUT2D eigenvalue weighted by atomic mass is 16.2. The predicted octanol–water partition coefficient (Wildman–Crippen LogP) is 1.73. The number of nitrogens with two attached hydrogens (primary N) is 1. The first kappa shape index (κ1) is 11.0. The summed E-state index contributed by atoms with van der Waals surface area (Å²) in [4.78, 5) is 0. The topological polar surface area (TPSA) is 46.2 Å². The van der Waals surface area contributed by atoms with E-state index in [9.17, 15) is 0 Å². The Morgan fingerprint density at radius 1 is 1.50 bits per heavy atom. The summed E-state index contributed by atoms with van der Waals surface area (Å²) >= 11 is 0. The molecular weight excluding hydrogens is 150 g/mol. The van der Waals surface area contributed by atoms with Gasteiger partial charge in [0.15, 0.2) is 0 Å². The molecule has 0 aliphatic rings. The summed E-state index contributed by atoms with van der Waals surface area (Å²) in [5, 5.41) is 8.58. The summed E-state index contributed by atoms with van der Waals surface area (Å²) in [5.74, 6) is 0. The zero-order valence-corrected chi connectivity index (χ0v) is 7.59. The van der Waals surface area contributed by atoms with Crippen LogP contribution < -0.4 is 5.73 Å². The lowest BCUT2D eigenvalue weighted by atomic mass is 10.1. The molecule has 0 saturated heterocycles. The van der Waals surface area contributed by atoms with E-state index in [4.69, 9.17) is 10.8 Å². The highest BCUT2D eigenvalue weighted by molar-refractivity contribution is 5.25. The molecule has 0 aliphatic carbocycles. The molecule has 0 aromatic carbocycles. The third-order valence-electron chi connectivity index (χ3n) is 1.59. The van der Waals surface area contributed by atoms with E-state index < -0.39 is 0 Å². The Balaban J connectivity index is 3.96. The van der Waals surface area contributed by atoms with Crippen molar-refractivity contribution >= 4 is 0 Å². The van der Waals surface area contributed by atoms with Gasteiger partial charge in [0.05, 0.1) is 0 Å². The molecule has 0 heterocycles. The fourth-order valence-corrected chi connectivity index (χ4v) is 0.743. The Hall–Kier alpha value is -1.02. The molecule has 0 aromatic rings. The Bertz CT molecular complexity index is 192. The average Bonchev–Trinajstić information content (AvgIpc) is 2.07. The van der Waals surface area contributed by atoms with Crippen molar-refractivity contribution in [2.75, 3.05) is 6.61 Å². The van der Waals surface area contributed by atoms with Crippen LogP contribution in [-0.4, -0.2) is 11.7 Å². The van der Waals surface area contributed by atoms with Crippen LogP contribution in [-0.2, 0) is 0 Å². The number of rotatable bonds is 5. The van der Waals surface area contributed by atoms with Crippen molar-refractivity contribution in [2.45, 2.75) is 19.8 Å². The molecule has 0 unspecified atom stereocenters. The molecule has 2 nitrogen and oxygen atoms in total. The molecule has 68 valence electrons. The van der Waals surface area contributed by atoms with Crippen LogP contribution in [0.15, 0.2) is 36.1 Å². The van der Waals surface area contributed by atoms with Gasteiger partial charge >= 0.3 is 0 Å². The molecule has 0 aliphatic heterocycles. The summed E-state index contributed by atoms with van der Waals surface area (Å²) in [7, 11) is 0. The van der Waals surface area contributed by atoms with Crippen molar-refractivity contribution in [3.05, 3.63) is 36.1 Å². The summed E-state index contributed by atoms with van der Waals surface area (Å²) in [6, 6.07) is 0. The quantitative estimate of drug-likeness (QED) is 0.612. The van der Waals surface area contributed by atoms with Gasteiger partial charge in [-0.05, 0) is 24.6 Å². The second kappa shape index (κ2) is 6.68.